The van der Waals surface area contributed by atoms with Gasteiger partial charge in [0.15, 0.2) is 17.5 Å². The first kappa shape index (κ1) is 32.0. The summed E-state index contributed by atoms with van der Waals surface area (Å²) in [6.07, 6.45) is 0. The van der Waals surface area contributed by atoms with Gasteiger partial charge in [-0.3, -0.25) is 0 Å². The highest BCUT2D eigenvalue weighted by Crippen LogP contribution is 2.39. The van der Waals surface area contributed by atoms with Crippen molar-refractivity contribution >= 4 is 32.7 Å². The van der Waals surface area contributed by atoms with Crippen LogP contribution in [-0.2, 0) is 0 Å². The van der Waals surface area contributed by atoms with Gasteiger partial charge >= 0.3 is 0 Å². The van der Waals surface area contributed by atoms with Crippen molar-refractivity contribution in [2.24, 2.45) is 0 Å². The quantitative estimate of drug-likeness (QED) is 0.172. The van der Waals surface area contributed by atoms with E-state index in [1.807, 2.05) is 72.8 Å². The predicted molar refractivity (Wildman–Crippen MR) is 222 cm³/mol. The SMILES string of the molecule is N#Cc1cccc(-c2cccc(-c3nc(-c4ccc(-c5ccccc5)cc4)nc(-c4ccc5c(c4)oc4cccc(-c6ccc7ccccc7c6)c45)n3)c2)c1. The molecule has 5 nitrogen and oxygen atoms in total. The van der Waals surface area contributed by atoms with Crippen molar-refractivity contribution in [3.8, 4) is 73.6 Å². The third-order valence-electron chi connectivity index (χ3n) is 10.1. The molecule has 8 aromatic carbocycles. The molecule has 0 saturated heterocycles. The van der Waals surface area contributed by atoms with Crippen molar-refractivity contribution < 1.29 is 4.42 Å². The van der Waals surface area contributed by atoms with E-state index in [0.717, 1.165) is 72.0 Å². The zero-order valence-electron chi connectivity index (χ0n) is 29.5. The number of benzene rings is 8. The maximum Gasteiger partial charge on any atom is 0.164 e. The summed E-state index contributed by atoms with van der Waals surface area (Å²) < 4.78 is 6.54. The lowest BCUT2D eigenvalue weighted by molar-refractivity contribution is 0.669. The number of nitriles is 1. The molecule has 0 N–H and O–H groups in total. The van der Waals surface area contributed by atoms with Crippen LogP contribution in [0.4, 0.5) is 0 Å². The van der Waals surface area contributed by atoms with Crippen molar-refractivity contribution in [2.45, 2.75) is 0 Å². The second kappa shape index (κ2) is 13.4. The second-order valence-electron chi connectivity index (χ2n) is 13.6. The summed E-state index contributed by atoms with van der Waals surface area (Å²) in [7, 11) is 0. The zero-order chi connectivity index (χ0) is 36.7. The molecule has 256 valence electrons. The molecule has 0 radical (unpaired) electrons. The van der Waals surface area contributed by atoms with E-state index in [9.17, 15) is 5.26 Å². The molecule has 0 spiro atoms. The van der Waals surface area contributed by atoms with Gasteiger partial charge in [-0.15, -0.1) is 0 Å². The summed E-state index contributed by atoms with van der Waals surface area (Å²) in [5.74, 6) is 1.66. The Balaban J connectivity index is 1.10. The van der Waals surface area contributed by atoms with Crippen LogP contribution in [0.2, 0.25) is 0 Å². The van der Waals surface area contributed by atoms with Gasteiger partial charge < -0.3 is 4.42 Å². The van der Waals surface area contributed by atoms with Gasteiger partial charge in [0.2, 0.25) is 0 Å². The van der Waals surface area contributed by atoms with Gasteiger partial charge in [0.1, 0.15) is 11.2 Å². The highest BCUT2D eigenvalue weighted by Gasteiger charge is 2.17. The summed E-state index contributed by atoms with van der Waals surface area (Å²) in [5.41, 5.74) is 11.2. The first-order valence-corrected chi connectivity index (χ1v) is 18.1. The minimum absolute atomic E-state index is 0.543. The van der Waals surface area contributed by atoms with Gasteiger partial charge in [0.05, 0.1) is 11.6 Å². The highest BCUT2D eigenvalue weighted by molar-refractivity contribution is 6.13. The fourth-order valence-electron chi connectivity index (χ4n) is 7.37. The molecule has 55 heavy (non-hydrogen) atoms. The molecule has 5 heteroatoms. The molecule has 2 heterocycles. The Labute approximate surface area is 317 Å². The van der Waals surface area contributed by atoms with Crippen LogP contribution >= 0.6 is 0 Å². The van der Waals surface area contributed by atoms with E-state index in [-0.39, 0.29) is 0 Å². The normalized spacial score (nSPS) is 11.3. The topological polar surface area (TPSA) is 75.6 Å². The van der Waals surface area contributed by atoms with E-state index < -0.39 is 0 Å². The average Bonchev–Trinajstić information content (AvgIpc) is 3.65. The van der Waals surface area contributed by atoms with Gasteiger partial charge in [0.25, 0.3) is 0 Å². The lowest BCUT2D eigenvalue weighted by Gasteiger charge is -2.10. The second-order valence-corrected chi connectivity index (χ2v) is 13.6. The molecular formula is C50H30N4O. The summed E-state index contributed by atoms with van der Waals surface area (Å²) in [6, 6.07) is 64.1. The van der Waals surface area contributed by atoms with E-state index in [0.29, 0.717) is 23.0 Å². The van der Waals surface area contributed by atoms with Crippen LogP contribution in [0.5, 0.6) is 0 Å². The molecule has 0 atom stereocenters. The van der Waals surface area contributed by atoms with Crippen LogP contribution in [0.3, 0.4) is 0 Å². The van der Waals surface area contributed by atoms with Crippen LogP contribution in [0.15, 0.2) is 186 Å². The first-order valence-electron chi connectivity index (χ1n) is 18.1. The minimum atomic E-state index is 0.543. The fraction of sp³-hybridized carbons (Fsp3) is 0. The lowest BCUT2D eigenvalue weighted by Crippen LogP contribution is -2.00. The molecule has 10 aromatic rings. The van der Waals surface area contributed by atoms with Crippen molar-refractivity contribution in [3.05, 3.63) is 188 Å². The van der Waals surface area contributed by atoms with Crippen molar-refractivity contribution in [2.75, 3.05) is 0 Å². The Morgan fingerprint density at radius 2 is 0.964 bits per heavy atom. The van der Waals surface area contributed by atoms with Crippen LogP contribution in [0.1, 0.15) is 5.56 Å². The molecule has 0 aliphatic rings. The Hall–Kier alpha value is -7.68. The number of hydrogen-bond donors (Lipinski definition) is 0. The summed E-state index contributed by atoms with van der Waals surface area (Å²) in [4.78, 5) is 15.2. The Morgan fingerprint density at radius 3 is 1.76 bits per heavy atom. The molecule has 2 aromatic heterocycles. The number of furan rings is 1. The highest BCUT2D eigenvalue weighted by atomic mass is 16.3. The standard InChI is InChI=1S/C50H30N4O/c51-31-32-9-6-14-37(27-32)39-15-7-16-41(29-39)49-52-48(36-22-19-35(20-23-36)33-10-2-1-3-11-33)53-50(54-49)42-25-26-44-46(30-42)55-45-18-8-17-43(47(44)45)40-24-21-34-12-4-5-13-38(34)28-40/h1-30H. The van der Waals surface area contributed by atoms with Crippen molar-refractivity contribution in [3.63, 3.8) is 0 Å². The van der Waals surface area contributed by atoms with E-state index in [1.54, 1.807) is 0 Å². The van der Waals surface area contributed by atoms with Crippen LogP contribution in [-0.4, -0.2) is 15.0 Å². The van der Waals surface area contributed by atoms with Crippen LogP contribution in [0, 0.1) is 11.3 Å². The summed E-state index contributed by atoms with van der Waals surface area (Å²) >= 11 is 0. The summed E-state index contributed by atoms with van der Waals surface area (Å²) in [5, 5.41) is 14.0. The number of nitrogens with zero attached hydrogens (tertiary/aromatic N) is 4. The van der Waals surface area contributed by atoms with Crippen LogP contribution in [0.25, 0.3) is 100 Å². The number of hydrogen-bond acceptors (Lipinski definition) is 5. The van der Waals surface area contributed by atoms with Gasteiger partial charge in [-0.1, -0.05) is 140 Å². The fourth-order valence-corrected chi connectivity index (χ4v) is 7.37. The third kappa shape index (κ3) is 5.98. The molecule has 0 amide bonds. The molecule has 10 rings (SSSR count). The predicted octanol–water partition coefficient (Wildman–Crippen LogP) is 12.8. The number of fused-ring (bicyclic) bond motifs is 4. The van der Waals surface area contributed by atoms with E-state index in [4.69, 9.17) is 19.4 Å². The van der Waals surface area contributed by atoms with Gasteiger partial charge in [-0.2, -0.15) is 5.26 Å². The molecular weight excluding hydrogens is 673 g/mol. The smallest absolute Gasteiger partial charge is 0.164 e. The first-order chi connectivity index (χ1) is 27.2. The largest absolute Gasteiger partial charge is 0.456 e. The third-order valence-corrected chi connectivity index (χ3v) is 10.1. The maximum atomic E-state index is 9.53. The molecule has 0 unspecified atom stereocenters. The molecule has 0 bridgehead atoms. The van der Waals surface area contributed by atoms with E-state index in [2.05, 4.69) is 115 Å². The van der Waals surface area contributed by atoms with Gasteiger partial charge in [0, 0.05) is 27.5 Å². The van der Waals surface area contributed by atoms with Crippen LogP contribution < -0.4 is 0 Å². The van der Waals surface area contributed by atoms with Gasteiger partial charge in [-0.25, -0.2) is 15.0 Å². The molecule has 0 aliphatic carbocycles. The molecule has 0 fully saturated rings. The van der Waals surface area contributed by atoms with Crippen molar-refractivity contribution in [1.29, 1.82) is 5.26 Å². The molecule has 0 saturated carbocycles. The minimum Gasteiger partial charge on any atom is -0.456 e. The molecule has 0 aliphatic heterocycles. The Bertz CT molecular complexity index is 3100. The monoisotopic (exact) mass is 702 g/mol. The average molecular weight is 703 g/mol. The maximum absolute atomic E-state index is 9.53. The zero-order valence-corrected chi connectivity index (χ0v) is 29.5. The lowest BCUT2D eigenvalue weighted by atomic mass is 9.97. The Morgan fingerprint density at radius 1 is 0.382 bits per heavy atom. The number of aromatic nitrogens is 3. The number of rotatable bonds is 6. The van der Waals surface area contributed by atoms with E-state index >= 15 is 0 Å². The van der Waals surface area contributed by atoms with Crippen molar-refractivity contribution in [1.82, 2.24) is 15.0 Å². The van der Waals surface area contributed by atoms with Gasteiger partial charge in [-0.05, 0) is 86.6 Å². The van der Waals surface area contributed by atoms with E-state index in [1.165, 1.54) is 10.8 Å². The summed E-state index contributed by atoms with van der Waals surface area (Å²) in [6.45, 7) is 0. The Kier molecular flexibility index (Phi) is 7.79.